The number of nitrogens with one attached hydrogen (secondary N) is 1. The van der Waals surface area contributed by atoms with E-state index in [4.69, 9.17) is 13.8 Å². The normalized spacial score (nSPS) is 14.7. The van der Waals surface area contributed by atoms with Crippen molar-refractivity contribution in [3.05, 3.63) is 119 Å². The van der Waals surface area contributed by atoms with Crippen LogP contribution in [-0.2, 0) is 45.5 Å². The highest BCUT2D eigenvalue weighted by Crippen LogP contribution is 2.51. The van der Waals surface area contributed by atoms with Gasteiger partial charge in [0.2, 0.25) is 0 Å². The van der Waals surface area contributed by atoms with Gasteiger partial charge in [-0.15, -0.1) is 0 Å². The average molecular weight is 706 g/mol. The first kappa shape index (κ1) is 35.9. The van der Waals surface area contributed by atoms with Crippen LogP contribution < -0.4 is 4.74 Å². The van der Waals surface area contributed by atoms with Gasteiger partial charge in [-0.25, -0.2) is 4.98 Å². The third-order valence-corrected chi connectivity index (χ3v) is 11.1. The van der Waals surface area contributed by atoms with Gasteiger partial charge in [-0.05, 0) is 105 Å². The van der Waals surface area contributed by atoms with E-state index in [1.807, 2.05) is 56.3 Å². The molecule has 264 valence electrons. The molecule has 1 fully saturated rings. The number of hydrogen-bond donors (Lipinski definition) is 1. The van der Waals surface area contributed by atoms with Gasteiger partial charge in [0.25, 0.3) is 0 Å². The summed E-state index contributed by atoms with van der Waals surface area (Å²) in [7, 11) is -3.15. The lowest BCUT2D eigenvalue weighted by atomic mass is 9.89. The molecule has 1 aliphatic heterocycles. The number of likely N-dealkylation sites (tertiary alicyclic amines) is 1. The first-order chi connectivity index (χ1) is 24.1. The molecule has 4 aromatic carbocycles. The number of aromatic amines is 1. The van der Waals surface area contributed by atoms with Crippen molar-refractivity contribution in [2.24, 2.45) is 5.92 Å². The molecule has 11 heteroatoms. The Bertz CT molecular complexity index is 1890. The van der Waals surface area contributed by atoms with Crippen LogP contribution >= 0.6 is 7.60 Å². The molecular weight excluding hydrogens is 662 g/mol. The Morgan fingerprint density at radius 2 is 1.52 bits per heavy atom. The van der Waals surface area contributed by atoms with Gasteiger partial charge in [0.05, 0.1) is 36.0 Å². The summed E-state index contributed by atoms with van der Waals surface area (Å²) >= 11 is 0. The molecule has 1 saturated heterocycles. The van der Waals surface area contributed by atoms with Crippen molar-refractivity contribution in [1.29, 1.82) is 0 Å². The first-order valence-electron chi connectivity index (χ1n) is 17.2. The second-order valence-electron chi connectivity index (χ2n) is 12.8. The number of hydrogen-bond acceptors (Lipinski definition) is 6. The Hall–Kier alpha value is -3.95. The van der Waals surface area contributed by atoms with Gasteiger partial charge < -0.3 is 18.8 Å². The van der Waals surface area contributed by atoms with Crippen LogP contribution in [0, 0.1) is 5.92 Å². The molecule has 0 bridgehead atoms. The maximum Gasteiger partial charge on any atom is 0.416 e. The van der Waals surface area contributed by atoms with Gasteiger partial charge in [0.15, 0.2) is 0 Å². The van der Waals surface area contributed by atoms with E-state index < -0.39 is 19.3 Å². The monoisotopic (exact) mass is 705 g/mol. The van der Waals surface area contributed by atoms with Crippen molar-refractivity contribution >= 4 is 18.6 Å². The molecule has 0 unspecified atom stereocenters. The van der Waals surface area contributed by atoms with E-state index in [0.29, 0.717) is 37.1 Å². The summed E-state index contributed by atoms with van der Waals surface area (Å²) in [6.45, 7) is 7.57. The van der Waals surface area contributed by atoms with Crippen LogP contribution in [0.1, 0.15) is 54.5 Å². The molecule has 0 radical (unpaired) electrons. The highest BCUT2D eigenvalue weighted by Gasteiger charge is 2.30. The summed E-state index contributed by atoms with van der Waals surface area (Å²) in [5, 5.41) is 0. The molecule has 0 aliphatic carbocycles. The van der Waals surface area contributed by atoms with E-state index in [1.54, 1.807) is 0 Å². The predicted molar refractivity (Wildman–Crippen MR) is 190 cm³/mol. The Labute approximate surface area is 291 Å². The van der Waals surface area contributed by atoms with Crippen molar-refractivity contribution < 1.29 is 31.5 Å². The number of fused-ring (bicyclic) bond motifs is 1. The molecule has 0 spiro atoms. The van der Waals surface area contributed by atoms with Crippen LogP contribution in [0.5, 0.6) is 5.75 Å². The molecule has 1 aliphatic rings. The lowest BCUT2D eigenvalue weighted by Crippen LogP contribution is -2.33. The van der Waals surface area contributed by atoms with Crippen molar-refractivity contribution in [1.82, 2.24) is 14.9 Å². The van der Waals surface area contributed by atoms with Gasteiger partial charge in [0.1, 0.15) is 18.2 Å². The summed E-state index contributed by atoms with van der Waals surface area (Å²) in [5.74, 6) is 2.01. The maximum absolute atomic E-state index is 13.0. The summed E-state index contributed by atoms with van der Waals surface area (Å²) < 4.78 is 69.0. The smallest absolute Gasteiger partial charge is 0.416 e. The molecule has 6 rings (SSSR count). The minimum atomic E-state index is -4.37. The Kier molecular flexibility index (Phi) is 11.4. The molecule has 1 N–H and O–H groups in total. The highest BCUT2D eigenvalue weighted by molar-refractivity contribution is 7.53. The third-order valence-electron chi connectivity index (χ3n) is 9.07. The molecule has 0 amide bonds. The van der Waals surface area contributed by atoms with Crippen molar-refractivity contribution in [2.75, 3.05) is 26.3 Å². The van der Waals surface area contributed by atoms with E-state index >= 15 is 0 Å². The summed E-state index contributed by atoms with van der Waals surface area (Å²) in [4.78, 5) is 10.4. The zero-order valence-corrected chi connectivity index (χ0v) is 29.3. The van der Waals surface area contributed by atoms with Crippen LogP contribution in [0.15, 0.2) is 91.0 Å². The van der Waals surface area contributed by atoms with E-state index in [9.17, 15) is 17.7 Å². The number of aromatic nitrogens is 2. The SMILES string of the molecule is CCOP(=O)(Cc1ccc(COc2ccccc2CC2CCN(Cc3ccc4nc(-c5ccc(C(F)(F)F)cc5)[nH]c4c3)CC2)cc1)OCC. The number of halogens is 3. The summed E-state index contributed by atoms with van der Waals surface area (Å²) in [6.07, 6.45) is -0.983. The quantitative estimate of drug-likeness (QED) is 0.116. The number of para-hydroxylation sites is 1. The number of nitrogens with zero attached hydrogens (tertiary/aromatic N) is 2. The number of piperidine rings is 1. The fourth-order valence-corrected chi connectivity index (χ4v) is 8.19. The van der Waals surface area contributed by atoms with Crippen molar-refractivity contribution in [2.45, 2.75) is 58.6 Å². The zero-order valence-electron chi connectivity index (χ0n) is 28.4. The van der Waals surface area contributed by atoms with Gasteiger partial charge in [-0.3, -0.25) is 9.46 Å². The Morgan fingerprint density at radius 1 is 0.860 bits per heavy atom. The Balaban J connectivity index is 0.997. The van der Waals surface area contributed by atoms with Crippen LogP contribution in [0.3, 0.4) is 0 Å². The first-order valence-corrected chi connectivity index (χ1v) is 18.9. The lowest BCUT2D eigenvalue weighted by molar-refractivity contribution is -0.137. The summed E-state index contributed by atoms with van der Waals surface area (Å²) in [5.41, 5.74) is 5.91. The molecule has 0 saturated carbocycles. The Morgan fingerprint density at radius 3 is 2.20 bits per heavy atom. The standard InChI is InChI=1S/C39H43F3N3O4P/c1-3-48-50(46,49-4-2)27-30-11-9-29(10-12-30)26-47-37-8-6-5-7-33(37)23-28-19-21-45(22-20-28)25-31-13-18-35-36(24-31)44-38(43-35)32-14-16-34(17-15-32)39(40,41)42/h5-18,24,28H,3-4,19-23,25-27H2,1-2H3,(H,43,44). The molecule has 50 heavy (non-hydrogen) atoms. The van der Waals surface area contributed by atoms with Gasteiger partial charge in [0, 0.05) is 12.1 Å². The van der Waals surface area contributed by atoms with E-state index in [2.05, 4.69) is 39.1 Å². The van der Waals surface area contributed by atoms with Crippen molar-refractivity contribution in [3.8, 4) is 17.1 Å². The minimum absolute atomic E-state index is 0.243. The average Bonchev–Trinajstić information content (AvgIpc) is 3.53. The van der Waals surface area contributed by atoms with Gasteiger partial charge in [-0.1, -0.05) is 60.7 Å². The van der Waals surface area contributed by atoms with E-state index in [-0.39, 0.29) is 6.16 Å². The molecule has 0 atom stereocenters. The molecular formula is C39H43F3N3O4P. The van der Waals surface area contributed by atoms with E-state index in [1.165, 1.54) is 23.3 Å². The fraction of sp³-hybridized carbons (Fsp3) is 0.359. The van der Waals surface area contributed by atoms with Gasteiger partial charge in [-0.2, -0.15) is 13.2 Å². The number of imidazole rings is 1. The highest BCUT2D eigenvalue weighted by atomic mass is 31.2. The second kappa shape index (κ2) is 15.9. The molecule has 7 nitrogen and oxygen atoms in total. The number of benzene rings is 4. The lowest BCUT2D eigenvalue weighted by Gasteiger charge is -2.32. The predicted octanol–water partition coefficient (Wildman–Crippen LogP) is 10.0. The largest absolute Gasteiger partial charge is 0.489 e. The van der Waals surface area contributed by atoms with Crippen LogP contribution in [0.2, 0.25) is 0 Å². The number of rotatable bonds is 14. The molecule has 1 aromatic heterocycles. The second-order valence-corrected chi connectivity index (χ2v) is 14.8. The zero-order chi connectivity index (χ0) is 35.1. The van der Waals surface area contributed by atoms with Crippen LogP contribution in [0.25, 0.3) is 22.4 Å². The maximum atomic E-state index is 13.0. The van der Waals surface area contributed by atoms with Crippen LogP contribution in [-0.4, -0.2) is 41.2 Å². The van der Waals surface area contributed by atoms with Crippen LogP contribution in [0.4, 0.5) is 13.2 Å². The van der Waals surface area contributed by atoms with E-state index in [0.717, 1.165) is 78.9 Å². The molecule has 5 aromatic rings. The molecule has 2 heterocycles. The number of ether oxygens (including phenoxy) is 1. The third kappa shape index (κ3) is 9.23. The fourth-order valence-electron chi connectivity index (χ4n) is 6.49. The topological polar surface area (TPSA) is 76.7 Å². The van der Waals surface area contributed by atoms with Crippen molar-refractivity contribution in [3.63, 3.8) is 0 Å². The van der Waals surface area contributed by atoms with Gasteiger partial charge >= 0.3 is 13.8 Å². The number of H-pyrrole nitrogens is 1. The summed E-state index contributed by atoms with van der Waals surface area (Å²) in [6, 6.07) is 27.4. The number of alkyl halides is 3. The minimum Gasteiger partial charge on any atom is -0.489 e.